The van der Waals surface area contributed by atoms with Crippen molar-refractivity contribution in [2.24, 2.45) is 0 Å². The third-order valence-electron chi connectivity index (χ3n) is 2.98. The van der Waals surface area contributed by atoms with Crippen LogP contribution in [0, 0.1) is 10.1 Å². The molecule has 92 valence electrons. The second-order valence-electron chi connectivity index (χ2n) is 4.31. The van der Waals surface area contributed by atoms with Crippen molar-refractivity contribution in [3.8, 4) is 0 Å². The monoisotopic (exact) mass is 235 g/mol. The Morgan fingerprint density at radius 2 is 2.06 bits per heavy atom. The van der Waals surface area contributed by atoms with Gasteiger partial charge in [0.25, 0.3) is 5.69 Å². The summed E-state index contributed by atoms with van der Waals surface area (Å²) in [6.45, 7) is 2.78. The number of benzene rings is 1. The van der Waals surface area contributed by atoms with Gasteiger partial charge in [-0.3, -0.25) is 15.5 Å². The summed E-state index contributed by atoms with van der Waals surface area (Å²) in [6.07, 6.45) is 3.75. The maximum atomic E-state index is 10.6. The maximum Gasteiger partial charge on any atom is 0.269 e. The fourth-order valence-corrected chi connectivity index (χ4v) is 2.04. The molecule has 1 aromatic rings. The number of non-ortho nitro benzene ring substituents is 1. The molecule has 5 heteroatoms. The van der Waals surface area contributed by atoms with Gasteiger partial charge >= 0.3 is 0 Å². The number of hydrogen-bond acceptors (Lipinski definition) is 4. The molecule has 5 nitrogen and oxygen atoms in total. The van der Waals surface area contributed by atoms with Crippen molar-refractivity contribution >= 4 is 5.69 Å². The molecule has 0 bridgehead atoms. The van der Waals surface area contributed by atoms with E-state index >= 15 is 0 Å². The van der Waals surface area contributed by atoms with E-state index in [0.717, 1.165) is 18.7 Å². The SMILES string of the molecule is O=[N+]([O-])c1cccc(CNN2CCCCC2)c1. The van der Waals surface area contributed by atoms with Crippen molar-refractivity contribution in [2.45, 2.75) is 25.8 Å². The summed E-state index contributed by atoms with van der Waals surface area (Å²) in [5, 5.41) is 12.8. The Balaban J connectivity index is 1.89. The summed E-state index contributed by atoms with van der Waals surface area (Å²) in [7, 11) is 0. The van der Waals surface area contributed by atoms with Crippen molar-refractivity contribution in [3.05, 3.63) is 39.9 Å². The van der Waals surface area contributed by atoms with Crippen molar-refractivity contribution in [1.29, 1.82) is 0 Å². The predicted molar refractivity (Wildman–Crippen MR) is 65.4 cm³/mol. The van der Waals surface area contributed by atoms with Crippen molar-refractivity contribution in [2.75, 3.05) is 13.1 Å². The molecule has 17 heavy (non-hydrogen) atoms. The average molecular weight is 235 g/mol. The number of nitrogens with zero attached hydrogens (tertiary/aromatic N) is 2. The standard InChI is InChI=1S/C12H17N3O2/c16-15(17)12-6-4-5-11(9-12)10-13-14-7-2-1-3-8-14/h4-6,9,13H,1-3,7-8,10H2. The Morgan fingerprint density at radius 1 is 1.29 bits per heavy atom. The molecule has 0 aliphatic carbocycles. The molecule has 0 spiro atoms. The van der Waals surface area contributed by atoms with Crippen LogP contribution in [0.1, 0.15) is 24.8 Å². The van der Waals surface area contributed by atoms with E-state index in [1.54, 1.807) is 12.1 Å². The van der Waals surface area contributed by atoms with E-state index in [-0.39, 0.29) is 10.6 Å². The number of hydrazine groups is 1. The van der Waals surface area contributed by atoms with Crippen molar-refractivity contribution in [1.82, 2.24) is 10.4 Å². The third kappa shape index (κ3) is 3.51. The molecule has 1 N–H and O–H groups in total. The van der Waals surface area contributed by atoms with E-state index < -0.39 is 0 Å². The summed E-state index contributed by atoms with van der Waals surface area (Å²) in [4.78, 5) is 10.3. The van der Waals surface area contributed by atoms with E-state index in [0.29, 0.717) is 6.54 Å². The van der Waals surface area contributed by atoms with Gasteiger partial charge in [0.05, 0.1) is 4.92 Å². The average Bonchev–Trinajstić information content (AvgIpc) is 2.38. The Kier molecular flexibility index (Phi) is 4.06. The lowest BCUT2D eigenvalue weighted by Crippen LogP contribution is -2.41. The smallest absolute Gasteiger partial charge is 0.258 e. The quantitative estimate of drug-likeness (QED) is 0.641. The zero-order valence-electron chi connectivity index (χ0n) is 9.76. The molecule has 0 amide bonds. The van der Waals surface area contributed by atoms with E-state index in [9.17, 15) is 10.1 Å². The van der Waals surface area contributed by atoms with Gasteiger partial charge in [-0.25, -0.2) is 5.01 Å². The minimum atomic E-state index is -0.357. The molecule has 2 rings (SSSR count). The largest absolute Gasteiger partial charge is 0.269 e. The molecule has 0 radical (unpaired) electrons. The third-order valence-corrected chi connectivity index (χ3v) is 2.98. The number of nitro benzene ring substituents is 1. The molecule has 1 saturated heterocycles. The summed E-state index contributed by atoms with van der Waals surface area (Å²) < 4.78 is 0. The molecule has 0 saturated carbocycles. The van der Waals surface area contributed by atoms with Gasteiger partial charge in [0.1, 0.15) is 0 Å². The normalized spacial score (nSPS) is 16.9. The predicted octanol–water partition coefficient (Wildman–Crippen LogP) is 2.09. The van der Waals surface area contributed by atoms with Gasteiger partial charge in [0.15, 0.2) is 0 Å². The number of nitrogens with one attached hydrogen (secondary N) is 1. The van der Waals surface area contributed by atoms with Gasteiger partial charge in [-0.15, -0.1) is 0 Å². The number of nitro groups is 1. The number of hydrogen-bond donors (Lipinski definition) is 1. The molecular formula is C12H17N3O2. The maximum absolute atomic E-state index is 10.6. The van der Waals surface area contributed by atoms with E-state index in [2.05, 4.69) is 10.4 Å². The molecule has 0 atom stereocenters. The molecular weight excluding hydrogens is 218 g/mol. The first-order chi connectivity index (χ1) is 8.25. The Labute approximate surface area is 101 Å². The molecule has 1 heterocycles. The van der Waals surface area contributed by atoms with Gasteiger partial charge < -0.3 is 0 Å². The van der Waals surface area contributed by atoms with Gasteiger partial charge in [-0.05, 0) is 18.4 Å². The minimum Gasteiger partial charge on any atom is -0.258 e. The zero-order valence-corrected chi connectivity index (χ0v) is 9.76. The van der Waals surface area contributed by atoms with Crippen LogP contribution < -0.4 is 5.43 Å². The molecule has 1 aliphatic rings. The second kappa shape index (κ2) is 5.75. The van der Waals surface area contributed by atoms with E-state index in [1.165, 1.54) is 25.3 Å². The fourth-order valence-electron chi connectivity index (χ4n) is 2.04. The van der Waals surface area contributed by atoms with Crippen LogP contribution in [-0.2, 0) is 6.54 Å². The zero-order chi connectivity index (χ0) is 12.1. The highest BCUT2D eigenvalue weighted by atomic mass is 16.6. The number of rotatable bonds is 4. The first-order valence-electron chi connectivity index (χ1n) is 5.97. The lowest BCUT2D eigenvalue weighted by atomic mass is 10.1. The highest BCUT2D eigenvalue weighted by Gasteiger charge is 2.10. The molecule has 0 unspecified atom stereocenters. The Bertz CT molecular complexity index is 389. The lowest BCUT2D eigenvalue weighted by Gasteiger charge is -2.27. The van der Waals surface area contributed by atoms with E-state index in [4.69, 9.17) is 0 Å². The Hall–Kier alpha value is -1.46. The first kappa shape index (κ1) is 12.0. The summed E-state index contributed by atoms with van der Waals surface area (Å²) >= 11 is 0. The van der Waals surface area contributed by atoms with Crippen LogP contribution in [0.5, 0.6) is 0 Å². The van der Waals surface area contributed by atoms with Gasteiger partial charge in [-0.2, -0.15) is 0 Å². The van der Waals surface area contributed by atoms with Crippen molar-refractivity contribution < 1.29 is 4.92 Å². The summed E-state index contributed by atoms with van der Waals surface area (Å²) in [6, 6.07) is 6.77. The van der Waals surface area contributed by atoms with Gasteiger partial charge in [-0.1, -0.05) is 18.6 Å². The molecule has 0 aromatic heterocycles. The first-order valence-corrected chi connectivity index (χ1v) is 5.97. The highest BCUT2D eigenvalue weighted by Crippen LogP contribution is 2.13. The summed E-state index contributed by atoms with van der Waals surface area (Å²) in [5.41, 5.74) is 4.42. The van der Waals surface area contributed by atoms with Crippen LogP contribution in [0.4, 0.5) is 5.69 Å². The second-order valence-corrected chi connectivity index (χ2v) is 4.31. The fraction of sp³-hybridized carbons (Fsp3) is 0.500. The lowest BCUT2D eigenvalue weighted by molar-refractivity contribution is -0.384. The minimum absolute atomic E-state index is 0.156. The van der Waals surface area contributed by atoms with Crippen LogP contribution in [-0.4, -0.2) is 23.0 Å². The van der Waals surface area contributed by atoms with E-state index in [1.807, 2.05) is 6.07 Å². The van der Waals surface area contributed by atoms with Crippen LogP contribution >= 0.6 is 0 Å². The van der Waals surface area contributed by atoms with Gasteiger partial charge in [0, 0.05) is 31.8 Å². The van der Waals surface area contributed by atoms with Crippen LogP contribution in [0.25, 0.3) is 0 Å². The van der Waals surface area contributed by atoms with Crippen LogP contribution in [0.15, 0.2) is 24.3 Å². The Morgan fingerprint density at radius 3 is 2.76 bits per heavy atom. The molecule has 1 aliphatic heterocycles. The number of piperidine rings is 1. The van der Waals surface area contributed by atoms with Crippen molar-refractivity contribution in [3.63, 3.8) is 0 Å². The topological polar surface area (TPSA) is 58.4 Å². The summed E-state index contributed by atoms with van der Waals surface area (Å²) in [5.74, 6) is 0. The molecule has 1 aromatic carbocycles. The molecule has 1 fully saturated rings. The van der Waals surface area contributed by atoms with Gasteiger partial charge in [0.2, 0.25) is 0 Å². The highest BCUT2D eigenvalue weighted by molar-refractivity contribution is 5.34. The van der Waals surface area contributed by atoms with Crippen LogP contribution in [0.2, 0.25) is 0 Å². The van der Waals surface area contributed by atoms with Crippen LogP contribution in [0.3, 0.4) is 0 Å².